The van der Waals surface area contributed by atoms with Crippen molar-refractivity contribution in [3.63, 3.8) is 0 Å². The van der Waals surface area contributed by atoms with Crippen LogP contribution in [-0.2, 0) is 6.54 Å². The van der Waals surface area contributed by atoms with Gasteiger partial charge < -0.3 is 10.3 Å². The zero-order chi connectivity index (χ0) is 10.6. The fourth-order valence-electron chi connectivity index (χ4n) is 1.63. The monoisotopic (exact) mass is 196 g/mol. The van der Waals surface area contributed by atoms with E-state index in [1.54, 1.807) is 0 Å². The molecule has 1 rings (SSSR count). The fourth-order valence-corrected chi connectivity index (χ4v) is 1.63. The summed E-state index contributed by atoms with van der Waals surface area (Å²) in [4.78, 5) is 6.30. The molecule has 1 heterocycles. The number of nitrogens with two attached hydrogens (primary N) is 1. The summed E-state index contributed by atoms with van der Waals surface area (Å²) in [6, 6.07) is 0.268. The molecule has 1 aromatic rings. The number of likely N-dealkylation sites (N-methyl/N-ethyl adjacent to an activating group) is 1. The molecular formula is C10H20N4. The Labute approximate surface area is 85.7 Å². The van der Waals surface area contributed by atoms with Gasteiger partial charge in [-0.25, -0.2) is 4.98 Å². The quantitative estimate of drug-likeness (QED) is 0.759. The van der Waals surface area contributed by atoms with Crippen LogP contribution >= 0.6 is 0 Å². The first-order valence-corrected chi connectivity index (χ1v) is 5.07. The van der Waals surface area contributed by atoms with E-state index in [1.807, 2.05) is 26.6 Å². The van der Waals surface area contributed by atoms with E-state index in [1.165, 1.54) is 5.69 Å². The molecule has 14 heavy (non-hydrogen) atoms. The Balaban J connectivity index is 2.86. The van der Waals surface area contributed by atoms with Crippen molar-refractivity contribution >= 4 is 0 Å². The zero-order valence-electron chi connectivity index (χ0n) is 9.27. The number of aryl methyl sites for hydroxylation is 1. The van der Waals surface area contributed by atoms with Crippen LogP contribution in [0, 0.1) is 0 Å². The Morgan fingerprint density at radius 1 is 1.57 bits per heavy atom. The SMILES string of the molecule is CCCn1cncc1C(CN)N(C)C. The van der Waals surface area contributed by atoms with Gasteiger partial charge in [0, 0.05) is 19.3 Å². The molecule has 0 spiro atoms. The van der Waals surface area contributed by atoms with Gasteiger partial charge in [-0.05, 0) is 20.5 Å². The van der Waals surface area contributed by atoms with Gasteiger partial charge in [0.05, 0.1) is 18.1 Å². The molecule has 0 bridgehead atoms. The lowest BCUT2D eigenvalue weighted by atomic mass is 10.2. The molecule has 0 aliphatic carbocycles. The van der Waals surface area contributed by atoms with Crippen molar-refractivity contribution in [1.29, 1.82) is 0 Å². The van der Waals surface area contributed by atoms with Crippen LogP contribution in [-0.4, -0.2) is 35.1 Å². The maximum atomic E-state index is 5.75. The Bertz CT molecular complexity index is 267. The van der Waals surface area contributed by atoms with Crippen LogP contribution < -0.4 is 5.73 Å². The molecule has 80 valence electrons. The van der Waals surface area contributed by atoms with Gasteiger partial charge in [-0.2, -0.15) is 0 Å². The lowest BCUT2D eigenvalue weighted by Gasteiger charge is -2.23. The second-order valence-corrected chi connectivity index (χ2v) is 3.73. The second-order valence-electron chi connectivity index (χ2n) is 3.73. The van der Waals surface area contributed by atoms with Gasteiger partial charge in [0.15, 0.2) is 0 Å². The van der Waals surface area contributed by atoms with Crippen molar-refractivity contribution < 1.29 is 0 Å². The van der Waals surface area contributed by atoms with Crippen LogP contribution in [0.4, 0.5) is 0 Å². The van der Waals surface area contributed by atoms with Crippen molar-refractivity contribution in [2.75, 3.05) is 20.6 Å². The molecule has 1 unspecified atom stereocenters. The summed E-state index contributed by atoms with van der Waals surface area (Å²) in [5, 5.41) is 0. The first-order valence-electron chi connectivity index (χ1n) is 5.07. The standard InChI is InChI=1S/C10H20N4/c1-4-5-14-8-12-7-10(14)9(6-11)13(2)3/h7-9H,4-6,11H2,1-3H3. The van der Waals surface area contributed by atoms with E-state index in [4.69, 9.17) is 5.73 Å². The van der Waals surface area contributed by atoms with E-state index in [2.05, 4.69) is 21.4 Å². The summed E-state index contributed by atoms with van der Waals surface area (Å²) in [7, 11) is 4.08. The van der Waals surface area contributed by atoms with Crippen LogP contribution in [0.5, 0.6) is 0 Å². The summed E-state index contributed by atoms with van der Waals surface area (Å²) >= 11 is 0. The largest absolute Gasteiger partial charge is 0.333 e. The highest BCUT2D eigenvalue weighted by Gasteiger charge is 2.15. The predicted molar refractivity (Wildman–Crippen MR) is 58.0 cm³/mol. The maximum absolute atomic E-state index is 5.75. The number of hydrogen-bond acceptors (Lipinski definition) is 3. The summed E-state index contributed by atoms with van der Waals surface area (Å²) in [5.41, 5.74) is 6.95. The van der Waals surface area contributed by atoms with Crippen LogP contribution in [0.15, 0.2) is 12.5 Å². The van der Waals surface area contributed by atoms with E-state index in [0.29, 0.717) is 6.54 Å². The van der Waals surface area contributed by atoms with Crippen molar-refractivity contribution in [3.05, 3.63) is 18.2 Å². The van der Waals surface area contributed by atoms with E-state index in [-0.39, 0.29) is 6.04 Å². The molecule has 0 radical (unpaired) electrons. The first kappa shape index (κ1) is 11.2. The third-order valence-corrected chi connectivity index (χ3v) is 2.40. The average Bonchev–Trinajstić information content (AvgIpc) is 2.55. The van der Waals surface area contributed by atoms with Gasteiger partial charge >= 0.3 is 0 Å². The molecular weight excluding hydrogens is 176 g/mol. The highest BCUT2D eigenvalue weighted by molar-refractivity contribution is 5.05. The van der Waals surface area contributed by atoms with Crippen LogP contribution in [0.25, 0.3) is 0 Å². The zero-order valence-corrected chi connectivity index (χ0v) is 9.27. The van der Waals surface area contributed by atoms with E-state index in [0.717, 1.165) is 13.0 Å². The van der Waals surface area contributed by atoms with Gasteiger partial charge in [0.1, 0.15) is 0 Å². The number of aromatic nitrogens is 2. The Morgan fingerprint density at radius 2 is 2.29 bits per heavy atom. The molecule has 0 aliphatic rings. The number of nitrogens with zero attached hydrogens (tertiary/aromatic N) is 3. The highest BCUT2D eigenvalue weighted by Crippen LogP contribution is 2.16. The van der Waals surface area contributed by atoms with Gasteiger partial charge in [0.25, 0.3) is 0 Å². The smallest absolute Gasteiger partial charge is 0.0948 e. The Kier molecular flexibility index (Phi) is 4.10. The second kappa shape index (κ2) is 5.12. The van der Waals surface area contributed by atoms with Crippen molar-refractivity contribution in [1.82, 2.24) is 14.5 Å². The van der Waals surface area contributed by atoms with Crippen molar-refractivity contribution in [3.8, 4) is 0 Å². The molecule has 2 N–H and O–H groups in total. The topological polar surface area (TPSA) is 47.1 Å². The summed E-state index contributed by atoms with van der Waals surface area (Å²) < 4.78 is 2.18. The molecule has 0 fully saturated rings. The molecule has 1 aromatic heterocycles. The van der Waals surface area contributed by atoms with Crippen LogP contribution in [0.1, 0.15) is 25.1 Å². The fraction of sp³-hybridized carbons (Fsp3) is 0.700. The molecule has 0 amide bonds. The maximum Gasteiger partial charge on any atom is 0.0948 e. The number of rotatable bonds is 5. The molecule has 1 atom stereocenters. The van der Waals surface area contributed by atoms with Gasteiger partial charge in [-0.15, -0.1) is 0 Å². The minimum Gasteiger partial charge on any atom is -0.333 e. The molecule has 4 nitrogen and oxygen atoms in total. The van der Waals surface area contributed by atoms with Crippen LogP contribution in [0.2, 0.25) is 0 Å². The molecule has 4 heteroatoms. The summed E-state index contributed by atoms with van der Waals surface area (Å²) in [6.45, 7) is 3.80. The summed E-state index contributed by atoms with van der Waals surface area (Å²) in [5.74, 6) is 0. The Hall–Kier alpha value is -0.870. The average molecular weight is 196 g/mol. The molecule has 0 saturated heterocycles. The number of imidazole rings is 1. The minimum absolute atomic E-state index is 0.268. The van der Waals surface area contributed by atoms with E-state index in [9.17, 15) is 0 Å². The first-order chi connectivity index (χ1) is 6.70. The van der Waals surface area contributed by atoms with Crippen LogP contribution in [0.3, 0.4) is 0 Å². The minimum atomic E-state index is 0.268. The van der Waals surface area contributed by atoms with Gasteiger partial charge in [-0.1, -0.05) is 6.92 Å². The van der Waals surface area contributed by atoms with Crippen molar-refractivity contribution in [2.24, 2.45) is 5.73 Å². The molecule has 0 aromatic carbocycles. The van der Waals surface area contributed by atoms with Gasteiger partial charge in [-0.3, -0.25) is 4.90 Å². The normalized spacial score (nSPS) is 13.5. The number of hydrogen-bond donors (Lipinski definition) is 1. The molecule has 0 aliphatic heterocycles. The lowest BCUT2D eigenvalue weighted by molar-refractivity contribution is 0.292. The van der Waals surface area contributed by atoms with Crippen molar-refractivity contribution in [2.45, 2.75) is 25.9 Å². The Morgan fingerprint density at radius 3 is 2.79 bits per heavy atom. The van der Waals surface area contributed by atoms with E-state index >= 15 is 0 Å². The van der Waals surface area contributed by atoms with E-state index < -0.39 is 0 Å². The highest BCUT2D eigenvalue weighted by atomic mass is 15.2. The predicted octanol–water partition coefficient (Wildman–Crippen LogP) is 0.854. The lowest BCUT2D eigenvalue weighted by Crippen LogP contribution is -2.29. The van der Waals surface area contributed by atoms with Gasteiger partial charge in [0.2, 0.25) is 0 Å². The molecule has 0 saturated carbocycles. The third-order valence-electron chi connectivity index (χ3n) is 2.40. The summed E-state index contributed by atoms with van der Waals surface area (Å²) in [6.07, 6.45) is 4.91. The third kappa shape index (κ3) is 2.33.